The van der Waals surface area contributed by atoms with Crippen LogP contribution in [0.4, 0.5) is 5.82 Å². The number of hydrogen-bond acceptors (Lipinski definition) is 6. The van der Waals surface area contributed by atoms with Crippen LogP contribution in [0.5, 0.6) is 0 Å². The Bertz CT molecular complexity index is 588. The Hall–Kier alpha value is -1.83. The van der Waals surface area contributed by atoms with Gasteiger partial charge in [-0.2, -0.15) is 0 Å². The summed E-state index contributed by atoms with van der Waals surface area (Å²) in [6.07, 6.45) is 3.39. The highest BCUT2D eigenvalue weighted by atomic mass is 32.2. The van der Waals surface area contributed by atoms with Gasteiger partial charge in [0.1, 0.15) is 5.82 Å². The second-order valence-electron chi connectivity index (χ2n) is 4.21. The fourth-order valence-electron chi connectivity index (χ4n) is 1.54. The molecule has 0 saturated carbocycles. The maximum Gasteiger partial charge on any atom is 0.344 e. The Balaban J connectivity index is 2.08. The van der Waals surface area contributed by atoms with Gasteiger partial charge in [-0.1, -0.05) is 11.8 Å². The van der Waals surface area contributed by atoms with Gasteiger partial charge in [-0.15, -0.1) is 5.10 Å². The lowest BCUT2D eigenvalue weighted by atomic mass is 10.4. The third-order valence-electron chi connectivity index (χ3n) is 2.50. The number of H-pyrrole nitrogens is 1. The lowest BCUT2D eigenvalue weighted by Gasteiger charge is -2.08. The molecule has 0 aliphatic rings. The van der Waals surface area contributed by atoms with Crippen molar-refractivity contribution in [2.24, 2.45) is 0 Å². The first kappa shape index (κ1) is 13.6. The molecule has 0 spiro atoms. The highest BCUT2D eigenvalue weighted by Gasteiger charge is 2.12. The van der Waals surface area contributed by atoms with Gasteiger partial charge < -0.3 is 5.32 Å². The molecular weight excluding hydrogens is 264 g/mol. The van der Waals surface area contributed by atoms with Crippen LogP contribution in [0, 0.1) is 0 Å². The molecule has 0 amide bonds. The molecule has 0 radical (unpaired) electrons. The average molecular weight is 280 g/mol. The van der Waals surface area contributed by atoms with E-state index in [1.54, 1.807) is 24.0 Å². The number of anilines is 1. The Morgan fingerprint density at radius 1 is 1.42 bits per heavy atom. The van der Waals surface area contributed by atoms with Gasteiger partial charge in [0.25, 0.3) is 0 Å². The molecule has 0 atom stereocenters. The van der Waals surface area contributed by atoms with Crippen LogP contribution in [0.2, 0.25) is 0 Å². The van der Waals surface area contributed by atoms with Crippen molar-refractivity contribution in [3.63, 3.8) is 0 Å². The van der Waals surface area contributed by atoms with Crippen molar-refractivity contribution < 1.29 is 0 Å². The summed E-state index contributed by atoms with van der Waals surface area (Å²) < 4.78 is 1.63. The van der Waals surface area contributed by atoms with Crippen LogP contribution in [-0.2, 0) is 5.75 Å². The fraction of sp³-hybridized carbons (Fsp3) is 0.455. The smallest absolute Gasteiger partial charge is 0.344 e. The zero-order chi connectivity index (χ0) is 13.8. The van der Waals surface area contributed by atoms with Crippen molar-refractivity contribution in [1.82, 2.24) is 24.7 Å². The Morgan fingerprint density at radius 3 is 2.79 bits per heavy atom. The van der Waals surface area contributed by atoms with Crippen LogP contribution in [0.3, 0.4) is 0 Å². The monoisotopic (exact) mass is 280 g/mol. The average Bonchev–Trinajstić information content (AvgIpc) is 2.78. The summed E-state index contributed by atoms with van der Waals surface area (Å²) in [7, 11) is 1.80. The molecule has 2 N–H and O–H groups in total. The van der Waals surface area contributed by atoms with E-state index >= 15 is 0 Å². The molecule has 0 fully saturated rings. The first-order valence-corrected chi connectivity index (χ1v) is 6.88. The van der Waals surface area contributed by atoms with E-state index in [0.29, 0.717) is 10.9 Å². The number of aromatic amines is 1. The minimum absolute atomic E-state index is 0.0755. The zero-order valence-electron chi connectivity index (χ0n) is 11.0. The lowest BCUT2D eigenvalue weighted by Crippen LogP contribution is -2.19. The second-order valence-corrected chi connectivity index (χ2v) is 5.15. The molecule has 8 heteroatoms. The van der Waals surface area contributed by atoms with Crippen molar-refractivity contribution >= 4 is 17.6 Å². The summed E-state index contributed by atoms with van der Waals surface area (Å²) in [4.78, 5) is 20.0. The van der Waals surface area contributed by atoms with Crippen LogP contribution in [0.25, 0.3) is 0 Å². The quantitative estimate of drug-likeness (QED) is 0.802. The third-order valence-corrected chi connectivity index (χ3v) is 3.49. The lowest BCUT2D eigenvalue weighted by molar-refractivity contribution is 0.534. The normalized spacial score (nSPS) is 10.9. The first-order valence-electron chi connectivity index (χ1n) is 5.90. The standard InChI is InChI=1S/C11H16N6OS/c1-7(2)17-10(18)15-16-11(17)19-6-8-4-14-9(12-3)5-13-8/h4-5,7H,6H2,1-3H3,(H,12,14)(H,15,18). The molecule has 2 heterocycles. The number of hydrogen-bond donors (Lipinski definition) is 2. The summed E-state index contributed by atoms with van der Waals surface area (Å²) in [6, 6.07) is 0.0755. The number of thioether (sulfide) groups is 1. The number of nitrogens with zero attached hydrogens (tertiary/aromatic N) is 4. The summed E-state index contributed by atoms with van der Waals surface area (Å²) in [5, 5.41) is 10.1. The van der Waals surface area contributed by atoms with E-state index in [4.69, 9.17) is 0 Å². The predicted octanol–water partition coefficient (Wildman–Crippen LogP) is 1.28. The van der Waals surface area contributed by atoms with Crippen LogP contribution >= 0.6 is 11.8 Å². The van der Waals surface area contributed by atoms with Gasteiger partial charge in [0.2, 0.25) is 0 Å². The van der Waals surface area contributed by atoms with Crippen molar-refractivity contribution in [2.45, 2.75) is 30.8 Å². The zero-order valence-corrected chi connectivity index (χ0v) is 11.9. The number of aromatic nitrogens is 5. The van der Waals surface area contributed by atoms with Gasteiger partial charge in [-0.05, 0) is 13.8 Å². The van der Waals surface area contributed by atoms with Crippen LogP contribution < -0.4 is 11.0 Å². The van der Waals surface area contributed by atoms with Crippen LogP contribution in [-0.4, -0.2) is 31.8 Å². The number of rotatable bonds is 5. The van der Waals surface area contributed by atoms with Crippen molar-refractivity contribution in [1.29, 1.82) is 0 Å². The second kappa shape index (κ2) is 5.87. The molecule has 0 bridgehead atoms. The predicted molar refractivity (Wildman–Crippen MR) is 74.4 cm³/mol. The van der Waals surface area contributed by atoms with E-state index in [-0.39, 0.29) is 11.7 Å². The van der Waals surface area contributed by atoms with E-state index in [9.17, 15) is 4.79 Å². The van der Waals surface area contributed by atoms with Crippen LogP contribution in [0.1, 0.15) is 25.6 Å². The Kier molecular flexibility index (Phi) is 4.20. The maximum absolute atomic E-state index is 11.6. The van der Waals surface area contributed by atoms with Gasteiger partial charge >= 0.3 is 5.69 Å². The van der Waals surface area contributed by atoms with Crippen molar-refractivity contribution in [2.75, 3.05) is 12.4 Å². The molecule has 102 valence electrons. The van der Waals surface area contributed by atoms with Gasteiger partial charge in [-0.3, -0.25) is 9.55 Å². The molecular formula is C11H16N6OS. The Labute approximate surface area is 114 Å². The maximum atomic E-state index is 11.6. The van der Waals surface area contributed by atoms with Gasteiger partial charge in [-0.25, -0.2) is 14.9 Å². The van der Waals surface area contributed by atoms with E-state index in [2.05, 4.69) is 25.5 Å². The minimum Gasteiger partial charge on any atom is -0.372 e. The molecule has 0 aliphatic carbocycles. The Morgan fingerprint density at radius 2 is 2.21 bits per heavy atom. The summed E-state index contributed by atoms with van der Waals surface area (Å²) in [6.45, 7) is 3.89. The largest absolute Gasteiger partial charge is 0.372 e. The summed E-state index contributed by atoms with van der Waals surface area (Å²) in [5.41, 5.74) is 0.656. The summed E-state index contributed by atoms with van der Waals surface area (Å²) in [5.74, 6) is 1.35. The van der Waals surface area contributed by atoms with E-state index in [1.165, 1.54) is 11.8 Å². The molecule has 2 aromatic heterocycles. The first-order chi connectivity index (χ1) is 9.11. The van der Waals surface area contributed by atoms with Gasteiger partial charge in [0, 0.05) is 18.8 Å². The summed E-state index contributed by atoms with van der Waals surface area (Å²) >= 11 is 1.46. The molecule has 7 nitrogen and oxygen atoms in total. The molecule has 0 aromatic carbocycles. The van der Waals surface area contributed by atoms with Gasteiger partial charge in [0.05, 0.1) is 18.1 Å². The van der Waals surface area contributed by atoms with E-state index in [1.807, 2.05) is 13.8 Å². The molecule has 0 saturated heterocycles. The SMILES string of the molecule is CNc1cnc(CSc2n[nH]c(=O)n2C(C)C)cn1. The molecule has 0 aliphatic heterocycles. The van der Waals surface area contributed by atoms with Crippen molar-refractivity contribution in [3.8, 4) is 0 Å². The van der Waals surface area contributed by atoms with E-state index in [0.717, 1.165) is 11.5 Å². The highest BCUT2D eigenvalue weighted by Crippen LogP contribution is 2.20. The van der Waals surface area contributed by atoms with Gasteiger partial charge in [0.15, 0.2) is 5.16 Å². The third kappa shape index (κ3) is 3.14. The molecule has 2 rings (SSSR count). The fourth-order valence-corrected chi connectivity index (χ4v) is 2.51. The molecule has 0 unspecified atom stereocenters. The van der Waals surface area contributed by atoms with E-state index < -0.39 is 0 Å². The van der Waals surface area contributed by atoms with Crippen molar-refractivity contribution in [3.05, 3.63) is 28.6 Å². The topological polar surface area (TPSA) is 88.5 Å². The number of nitrogens with one attached hydrogen (secondary N) is 2. The highest BCUT2D eigenvalue weighted by molar-refractivity contribution is 7.98. The minimum atomic E-state index is -0.186. The van der Waals surface area contributed by atoms with Crippen LogP contribution in [0.15, 0.2) is 22.3 Å². The molecule has 2 aromatic rings. The molecule has 19 heavy (non-hydrogen) atoms.